The van der Waals surface area contributed by atoms with Crippen molar-refractivity contribution in [2.24, 2.45) is 0 Å². The largest absolute Gasteiger partial charge is 0.350 e. The molecule has 0 radical (unpaired) electrons. The lowest BCUT2D eigenvalue weighted by molar-refractivity contribution is 0.0943. The van der Waals surface area contributed by atoms with E-state index in [1.807, 2.05) is 13.8 Å². The number of carbonyl (C=O) groups is 1. The Morgan fingerprint density at radius 1 is 1.28 bits per heavy atom. The Morgan fingerprint density at radius 2 is 1.89 bits per heavy atom. The van der Waals surface area contributed by atoms with E-state index in [2.05, 4.69) is 5.32 Å². The number of nitrogens with one attached hydrogen (secondary N) is 1. The summed E-state index contributed by atoms with van der Waals surface area (Å²) in [6.45, 7) is 3.69. The molecule has 5 nitrogen and oxygen atoms in total. The summed E-state index contributed by atoms with van der Waals surface area (Å²) >= 11 is 0. The summed E-state index contributed by atoms with van der Waals surface area (Å²) in [6, 6.07) is 6.01. The number of hydrogen-bond donors (Lipinski definition) is 1. The van der Waals surface area contributed by atoms with Crippen molar-refractivity contribution in [1.29, 1.82) is 0 Å². The van der Waals surface area contributed by atoms with E-state index in [9.17, 15) is 13.2 Å². The molecule has 1 aromatic rings. The topological polar surface area (TPSA) is 66.5 Å². The summed E-state index contributed by atoms with van der Waals surface area (Å²) in [6.07, 6.45) is 0. The first kappa shape index (κ1) is 14.7. The number of nitrogens with zero attached hydrogens (tertiary/aromatic N) is 1. The molecule has 18 heavy (non-hydrogen) atoms. The molecular weight excluding hydrogens is 252 g/mol. The molecule has 0 aliphatic rings. The predicted molar refractivity (Wildman–Crippen MR) is 69.9 cm³/mol. The minimum Gasteiger partial charge on any atom is -0.350 e. The molecule has 1 rings (SSSR count). The number of benzene rings is 1. The second-order valence-electron chi connectivity index (χ2n) is 4.44. The molecule has 0 aliphatic heterocycles. The maximum Gasteiger partial charge on any atom is 0.251 e. The highest BCUT2D eigenvalue weighted by atomic mass is 32.2. The highest BCUT2D eigenvalue weighted by molar-refractivity contribution is 7.89. The minimum atomic E-state index is -3.51. The molecule has 1 amide bonds. The Bertz CT molecular complexity index is 536. The van der Waals surface area contributed by atoms with Gasteiger partial charge in [0.1, 0.15) is 0 Å². The van der Waals surface area contributed by atoms with E-state index in [4.69, 9.17) is 0 Å². The van der Waals surface area contributed by atoms with Crippen LogP contribution >= 0.6 is 0 Å². The quantitative estimate of drug-likeness (QED) is 0.890. The molecule has 0 spiro atoms. The summed E-state index contributed by atoms with van der Waals surface area (Å²) in [5.74, 6) is -0.277. The fourth-order valence-corrected chi connectivity index (χ4v) is 2.30. The lowest BCUT2D eigenvalue weighted by Crippen LogP contribution is -2.30. The van der Waals surface area contributed by atoms with E-state index in [1.54, 1.807) is 12.1 Å². The Hall–Kier alpha value is -1.40. The Balaban J connectivity index is 3.11. The van der Waals surface area contributed by atoms with Crippen LogP contribution in [0, 0.1) is 0 Å². The molecule has 0 fully saturated rings. The third-order valence-corrected chi connectivity index (χ3v) is 4.11. The molecular formula is C12H18N2O3S. The van der Waals surface area contributed by atoms with E-state index in [-0.39, 0.29) is 16.8 Å². The molecule has 1 aromatic carbocycles. The molecule has 0 heterocycles. The summed E-state index contributed by atoms with van der Waals surface area (Å²) in [5.41, 5.74) is 0.339. The Kier molecular flexibility index (Phi) is 4.48. The SMILES string of the molecule is CC(C)NC(=O)c1cccc(S(=O)(=O)N(C)C)c1. The summed E-state index contributed by atoms with van der Waals surface area (Å²) in [7, 11) is -0.599. The Morgan fingerprint density at radius 3 is 2.39 bits per heavy atom. The van der Waals surface area contributed by atoms with Gasteiger partial charge in [-0.05, 0) is 32.0 Å². The first-order valence-electron chi connectivity index (χ1n) is 5.58. The number of hydrogen-bond acceptors (Lipinski definition) is 3. The van der Waals surface area contributed by atoms with Crippen molar-refractivity contribution in [1.82, 2.24) is 9.62 Å². The zero-order chi connectivity index (χ0) is 13.9. The second kappa shape index (κ2) is 5.49. The van der Waals surface area contributed by atoms with Gasteiger partial charge < -0.3 is 5.32 Å². The third kappa shape index (κ3) is 3.30. The summed E-state index contributed by atoms with van der Waals surface area (Å²) < 4.78 is 25.0. The maximum absolute atomic E-state index is 11.9. The highest BCUT2D eigenvalue weighted by Gasteiger charge is 2.18. The van der Waals surface area contributed by atoms with E-state index in [1.165, 1.54) is 26.2 Å². The Labute approximate surface area is 108 Å². The van der Waals surface area contributed by atoms with Gasteiger partial charge in [-0.25, -0.2) is 12.7 Å². The van der Waals surface area contributed by atoms with Crippen molar-refractivity contribution in [3.8, 4) is 0 Å². The fraction of sp³-hybridized carbons (Fsp3) is 0.417. The molecule has 0 saturated carbocycles. The van der Waals surface area contributed by atoms with Gasteiger partial charge in [0.15, 0.2) is 0 Å². The van der Waals surface area contributed by atoms with Crippen LogP contribution in [0.4, 0.5) is 0 Å². The summed E-state index contributed by atoms with van der Waals surface area (Å²) in [4.78, 5) is 11.9. The van der Waals surface area contributed by atoms with Crippen molar-refractivity contribution in [3.63, 3.8) is 0 Å². The lowest BCUT2D eigenvalue weighted by atomic mass is 10.2. The third-order valence-electron chi connectivity index (χ3n) is 2.29. The van der Waals surface area contributed by atoms with Gasteiger partial charge in [-0.2, -0.15) is 0 Å². The number of rotatable bonds is 4. The van der Waals surface area contributed by atoms with Crippen molar-refractivity contribution >= 4 is 15.9 Å². The molecule has 0 atom stereocenters. The zero-order valence-corrected chi connectivity index (χ0v) is 11.8. The average molecular weight is 270 g/mol. The first-order valence-corrected chi connectivity index (χ1v) is 7.02. The smallest absolute Gasteiger partial charge is 0.251 e. The monoisotopic (exact) mass is 270 g/mol. The summed E-state index contributed by atoms with van der Waals surface area (Å²) in [5, 5.41) is 2.72. The van der Waals surface area contributed by atoms with Crippen LogP contribution in [0.1, 0.15) is 24.2 Å². The van der Waals surface area contributed by atoms with Crippen LogP contribution < -0.4 is 5.32 Å². The molecule has 6 heteroatoms. The normalized spacial score (nSPS) is 11.9. The second-order valence-corrected chi connectivity index (χ2v) is 6.60. The van der Waals surface area contributed by atoms with Gasteiger partial charge in [0.05, 0.1) is 4.90 Å². The molecule has 1 N–H and O–H groups in total. The number of carbonyl (C=O) groups excluding carboxylic acids is 1. The molecule has 0 bridgehead atoms. The molecule has 100 valence electrons. The van der Waals surface area contributed by atoms with Gasteiger partial charge in [-0.3, -0.25) is 4.79 Å². The van der Waals surface area contributed by atoms with Crippen LogP contribution in [0.25, 0.3) is 0 Å². The van der Waals surface area contributed by atoms with Gasteiger partial charge in [-0.15, -0.1) is 0 Å². The van der Waals surface area contributed by atoms with Crippen LogP contribution in [-0.4, -0.2) is 38.8 Å². The molecule has 0 aliphatic carbocycles. The van der Waals surface area contributed by atoms with Crippen LogP contribution in [0.3, 0.4) is 0 Å². The van der Waals surface area contributed by atoms with Gasteiger partial charge in [0.25, 0.3) is 5.91 Å². The minimum absolute atomic E-state index is 0.00612. The predicted octanol–water partition coefficient (Wildman–Crippen LogP) is 1.08. The fourth-order valence-electron chi connectivity index (χ4n) is 1.35. The van der Waals surface area contributed by atoms with Crippen LogP contribution in [0.15, 0.2) is 29.2 Å². The molecule has 0 aromatic heterocycles. The van der Waals surface area contributed by atoms with Crippen molar-refractivity contribution in [2.45, 2.75) is 24.8 Å². The van der Waals surface area contributed by atoms with Gasteiger partial charge in [0, 0.05) is 25.7 Å². The highest BCUT2D eigenvalue weighted by Crippen LogP contribution is 2.14. The van der Waals surface area contributed by atoms with Crippen LogP contribution in [0.5, 0.6) is 0 Å². The van der Waals surface area contributed by atoms with E-state index in [0.29, 0.717) is 5.56 Å². The van der Waals surface area contributed by atoms with Crippen molar-refractivity contribution < 1.29 is 13.2 Å². The van der Waals surface area contributed by atoms with Gasteiger partial charge in [0.2, 0.25) is 10.0 Å². The van der Waals surface area contributed by atoms with Crippen LogP contribution in [0.2, 0.25) is 0 Å². The van der Waals surface area contributed by atoms with E-state index in [0.717, 1.165) is 4.31 Å². The standard InChI is InChI=1S/C12H18N2O3S/c1-9(2)13-12(15)10-6-5-7-11(8-10)18(16,17)14(3)4/h5-9H,1-4H3,(H,13,15). The molecule has 0 unspecified atom stereocenters. The van der Waals surface area contributed by atoms with Crippen LogP contribution in [-0.2, 0) is 10.0 Å². The van der Waals surface area contributed by atoms with Gasteiger partial charge >= 0.3 is 0 Å². The maximum atomic E-state index is 11.9. The lowest BCUT2D eigenvalue weighted by Gasteiger charge is -2.13. The average Bonchev–Trinajstić information content (AvgIpc) is 2.28. The van der Waals surface area contributed by atoms with Crippen molar-refractivity contribution in [2.75, 3.05) is 14.1 Å². The van der Waals surface area contributed by atoms with E-state index < -0.39 is 10.0 Å². The first-order chi connectivity index (χ1) is 8.25. The van der Waals surface area contributed by atoms with E-state index >= 15 is 0 Å². The van der Waals surface area contributed by atoms with Gasteiger partial charge in [-0.1, -0.05) is 6.07 Å². The van der Waals surface area contributed by atoms with Crippen molar-refractivity contribution in [3.05, 3.63) is 29.8 Å². The number of sulfonamides is 1. The molecule has 0 saturated heterocycles. The number of amides is 1. The zero-order valence-electron chi connectivity index (χ0n) is 11.0.